The van der Waals surface area contributed by atoms with Crippen molar-refractivity contribution in [3.8, 4) is 0 Å². The number of carbonyl (C=O) groups excluding carboxylic acids is 2. The molecule has 0 fully saturated rings. The minimum absolute atomic E-state index is 0.0401. The number of rotatable bonds is 7. The SMILES string of the molecule is CN(Cc1ccc(Cl)s1)C(=O)COC(=O)CN(C)c1ncccn1. The highest BCUT2D eigenvalue weighted by Crippen LogP contribution is 2.22. The third-order valence-corrected chi connectivity index (χ3v) is 4.28. The summed E-state index contributed by atoms with van der Waals surface area (Å²) in [4.78, 5) is 35.9. The van der Waals surface area contributed by atoms with E-state index in [1.165, 1.54) is 16.2 Å². The van der Waals surface area contributed by atoms with Gasteiger partial charge >= 0.3 is 5.97 Å². The largest absolute Gasteiger partial charge is 0.454 e. The first-order valence-corrected chi connectivity index (χ1v) is 8.27. The maximum atomic E-state index is 12.0. The van der Waals surface area contributed by atoms with Crippen LogP contribution in [-0.4, -0.2) is 54.0 Å². The predicted molar refractivity (Wildman–Crippen MR) is 92.1 cm³/mol. The van der Waals surface area contributed by atoms with E-state index < -0.39 is 5.97 Å². The Morgan fingerprint density at radius 1 is 1.25 bits per heavy atom. The van der Waals surface area contributed by atoms with Gasteiger partial charge in [-0.25, -0.2) is 9.97 Å². The summed E-state index contributed by atoms with van der Waals surface area (Å²) < 4.78 is 5.68. The van der Waals surface area contributed by atoms with Gasteiger partial charge in [0.2, 0.25) is 5.95 Å². The Bertz CT molecular complexity index is 695. The fraction of sp³-hybridized carbons (Fsp3) is 0.333. The molecule has 0 N–H and O–H groups in total. The summed E-state index contributed by atoms with van der Waals surface area (Å²) in [5.74, 6) is -0.398. The van der Waals surface area contributed by atoms with Gasteiger partial charge in [0.05, 0.1) is 10.9 Å². The zero-order chi connectivity index (χ0) is 17.5. The summed E-state index contributed by atoms with van der Waals surface area (Å²) in [6.45, 7) is 0.0744. The molecular weight excluding hydrogens is 352 g/mol. The first kappa shape index (κ1) is 18.2. The average molecular weight is 369 g/mol. The van der Waals surface area contributed by atoms with Crippen molar-refractivity contribution in [3.05, 3.63) is 39.8 Å². The van der Waals surface area contributed by atoms with Crippen molar-refractivity contribution in [2.24, 2.45) is 0 Å². The second-order valence-electron chi connectivity index (χ2n) is 5.02. The molecule has 0 spiro atoms. The van der Waals surface area contributed by atoms with Crippen LogP contribution in [0.4, 0.5) is 5.95 Å². The van der Waals surface area contributed by atoms with E-state index in [-0.39, 0.29) is 19.1 Å². The van der Waals surface area contributed by atoms with Crippen molar-refractivity contribution < 1.29 is 14.3 Å². The molecule has 7 nitrogen and oxygen atoms in total. The second-order valence-corrected chi connectivity index (χ2v) is 6.82. The molecule has 2 aromatic heterocycles. The van der Waals surface area contributed by atoms with Gasteiger partial charge in [0, 0.05) is 31.4 Å². The van der Waals surface area contributed by atoms with E-state index in [0.717, 1.165) is 4.88 Å². The Hall–Kier alpha value is -2.19. The molecule has 0 aliphatic carbocycles. The van der Waals surface area contributed by atoms with Crippen LogP contribution in [0.2, 0.25) is 4.34 Å². The molecule has 0 unspecified atom stereocenters. The van der Waals surface area contributed by atoms with E-state index in [2.05, 4.69) is 9.97 Å². The number of esters is 1. The normalized spacial score (nSPS) is 10.3. The van der Waals surface area contributed by atoms with Crippen LogP contribution in [0, 0.1) is 0 Å². The Kier molecular flexibility index (Phi) is 6.51. The minimum Gasteiger partial charge on any atom is -0.454 e. The summed E-state index contributed by atoms with van der Waals surface area (Å²) in [5.41, 5.74) is 0. The number of hydrogen-bond donors (Lipinski definition) is 0. The zero-order valence-electron chi connectivity index (χ0n) is 13.3. The second kappa shape index (κ2) is 8.60. The Morgan fingerprint density at radius 3 is 2.58 bits per heavy atom. The number of carbonyl (C=O) groups is 2. The lowest BCUT2D eigenvalue weighted by Gasteiger charge is -2.18. The number of aromatic nitrogens is 2. The highest BCUT2D eigenvalue weighted by atomic mass is 35.5. The number of thiophene rings is 1. The lowest BCUT2D eigenvalue weighted by Crippen LogP contribution is -2.33. The molecule has 2 aromatic rings. The molecular formula is C15H17ClN4O3S. The molecule has 0 aliphatic heterocycles. The van der Waals surface area contributed by atoms with Crippen LogP contribution < -0.4 is 4.90 Å². The van der Waals surface area contributed by atoms with Crippen molar-refractivity contribution in [3.63, 3.8) is 0 Å². The van der Waals surface area contributed by atoms with Gasteiger partial charge in [-0.15, -0.1) is 11.3 Å². The summed E-state index contributed by atoms with van der Waals surface area (Å²) >= 11 is 7.26. The smallest absolute Gasteiger partial charge is 0.326 e. The van der Waals surface area contributed by atoms with Gasteiger partial charge in [0.1, 0.15) is 6.54 Å². The number of halogens is 1. The van der Waals surface area contributed by atoms with Gasteiger partial charge in [-0.05, 0) is 18.2 Å². The van der Waals surface area contributed by atoms with Crippen LogP contribution in [-0.2, 0) is 20.9 Å². The standard InChI is InChI=1S/C15H17ClN4O3S/c1-19(8-11-4-5-12(16)24-11)13(21)10-23-14(22)9-20(2)15-17-6-3-7-18-15/h3-7H,8-10H2,1-2H3. The van der Waals surface area contributed by atoms with E-state index >= 15 is 0 Å². The molecule has 9 heteroatoms. The third kappa shape index (κ3) is 5.47. The lowest BCUT2D eigenvalue weighted by molar-refractivity contribution is -0.150. The van der Waals surface area contributed by atoms with Gasteiger partial charge in [0.15, 0.2) is 6.61 Å². The van der Waals surface area contributed by atoms with Crippen molar-refractivity contribution >= 4 is 40.8 Å². The average Bonchev–Trinajstić information content (AvgIpc) is 2.98. The third-order valence-electron chi connectivity index (χ3n) is 3.06. The van der Waals surface area contributed by atoms with Crippen LogP contribution in [0.3, 0.4) is 0 Å². The molecule has 0 saturated heterocycles. The number of ether oxygens (including phenoxy) is 1. The lowest BCUT2D eigenvalue weighted by atomic mass is 10.4. The van der Waals surface area contributed by atoms with E-state index in [0.29, 0.717) is 16.8 Å². The first-order valence-electron chi connectivity index (χ1n) is 7.07. The highest BCUT2D eigenvalue weighted by molar-refractivity contribution is 7.16. The van der Waals surface area contributed by atoms with Crippen LogP contribution in [0.15, 0.2) is 30.6 Å². The van der Waals surface area contributed by atoms with Gasteiger partial charge in [0.25, 0.3) is 5.91 Å². The van der Waals surface area contributed by atoms with E-state index in [4.69, 9.17) is 16.3 Å². The number of nitrogens with zero attached hydrogens (tertiary/aromatic N) is 4. The Labute approximate surface area is 148 Å². The Morgan fingerprint density at radius 2 is 1.96 bits per heavy atom. The van der Waals surface area contributed by atoms with Gasteiger partial charge in [-0.2, -0.15) is 0 Å². The molecule has 0 saturated carbocycles. The summed E-state index contributed by atoms with van der Waals surface area (Å²) in [5, 5.41) is 0. The first-order chi connectivity index (χ1) is 11.5. The molecule has 0 radical (unpaired) electrons. The highest BCUT2D eigenvalue weighted by Gasteiger charge is 2.15. The maximum absolute atomic E-state index is 12.0. The summed E-state index contributed by atoms with van der Waals surface area (Å²) in [7, 11) is 3.32. The van der Waals surface area contributed by atoms with Crippen LogP contribution in [0.1, 0.15) is 4.88 Å². The predicted octanol–water partition coefficient (Wildman–Crippen LogP) is 1.83. The van der Waals surface area contributed by atoms with E-state index in [1.54, 1.807) is 43.5 Å². The maximum Gasteiger partial charge on any atom is 0.326 e. The molecule has 128 valence electrons. The minimum atomic E-state index is -0.522. The molecule has 0 atom stereocenters. The number of hydrogen-bond acceptors (Lipinski definition) is 7. The molecule has 0 aromatic carbocycles. The van der Waals surface area contributed by atoms with Crippen LogP contribution in [0.25, 0.3) is 0 Å². The quantitative estimate of drug-likeness (QED) is 0.694. The topological polar surface area (TPSA) is 75.6 Å². The van der Waals surface area contributed by atoms with Crippen molar-refractivity contribution in [1.82, 2.24) is 14.9 Å². The molecule has 2 heterocycles. The van der Waals surface area contributed by atoms with Gasteiger partial charge < -0.3 is 14.5 Å². The number of likely N-dealkylation sites (N-methyl/N-ethyl adjacent to an activating group) is 2. The van der Waals surface area contributed by atoms with E-state index in [1.807, 2.05) is 6.07 Å². The molecule has 2 rings (SSSR count). The molecule has 0 bridgehead atoms. The number of anilines is 1. The van der Waals surface area contributed by atoms with Crippen molar-refractivity contribution in [1.29, 1.82) is 0 Å². The zero-order valence-corrected chi connectivity index (χ0v) is 14.9. The Balaban J connectivity index is 1.75. The fourth-order valence-electron chi connectivity index (χ4n) is 1.81. The van der Waals surface area contributed by atoms with Gasteiger partial charge in [-0.1, -0.05) is 11.6 Å². The summed E-state index contributed by atoms with van der Waals surface area (Å²) in [6.07, 6.45) is 3.17. The van der Waals surface area contributed by atoms with Crippen LogP contribution in [0.5, 0.6) is 0 Å². The van der Waals surface area contributed by atoms with Gasteiger partial charge in [-0.3, -0.25) is 9.59 Å². The van der Waals surface area contributed by atoms with Crippen molar-refractivity contribution in [2.45, 2.75) is 6.54 Å². The molecule has 0 aliphatic rings. The fourth-order valence-corrected chi connectivity index (χ4v) is 2.95. The summed E-state index contributed by atoms with van der Waals surface area (Å²) in [6, 6.07) is 5.32. The van der Waals surface area contributed by atoms with Crippen LogP contribution >= 0.6 is 22.9 Å². The molecule has 1 amide bonds. The monoisotopic (exact) mass is 368 g/mol. The van der Waals surface area contributed by atoms with E-state index in [9.17, 15) is 9.59 Å². The van der Waals surface area contributed by atoms with Crippen molar-refractivity contribution in [2.75, 3.05) is 32.1 Å². The molecule has 24 heavy (non-hydrogen) atoms. The number of amides is 1.